The Morgan fingerprint density at radius 3 is 2.40 bits per heavy atom. The zero-order chi connectivity index (χ0) is 10.9. The average molecular weight is 232 g/mol. The van der Waals surface area contributed by atoms with E-state index in [2.05, 4.69) is 4.90 Å². The van der Waals surface area contributed by atoms with Crippen molar-refractivity contribution in [3.8, 4) is 0 Å². The van der Waals surface area contributed by atoms with Gasteiger partial charge in [-0.05, 0) is 25.2 Å². The van der Waals surface area contributed by atoms with Gasteiger partial charge in [-0.15, -0.1) is 0 Å². The maximum absolute atomic E-state index is 11.2. The van der Waals surface area contributed by atoms with Crippen molar-refractivity contribution in [2.24, 2.45) is 11.7 Å². The van der Waals surface area contributed by atoms with Crippen molar-refractivity contribution in [3.05, 3.63) is 0 Å². The molecule has 1 saturated carbocycles. The predicted octanol–water partition coefficient (Wildman–Crippen LogP) is -0.156. The van der Waals surface area contributed by atoms with Crippen molar-refractivity contribution in [2.45, 2.75) is 25.3 Å². The van der Waals surface area contributed by atoms with Crippen LogP contribution in [0.5, 0.6) is 0 Å². The lowest BCUT2D eigenvalue weighted by Gasteiger charge is -2.28. The van der Waals surface area contributed by atoms with Crippen LogP contribution in [0.1, 0.15) is 19.3 Å². The molecule has 5 heteroatoms. The highest BCUT2D eigenvalue weighted by molar-refractivity contribution is 7.91. The van der Waals surface area contributed by atoms with E-state index in [1.807, 2.05) is 0 Å². The van der Waals surface area contributed by atoms with Gasteiger partial charge in [0.2, 0.25) is 0 Å². The van der Waals surface area contributed by atoms with Gasteiger partial charge in [-0.25, -0.2) is 8.42 Å². The molecule has 0 bridgehead atoms. The van der Waals surface area contributed by atoms with Gasteiger partial charge in [-0.1, -0.05) is 0 Å². The van der Waals surface area contributed by atoms with Crippen molar-refractivity contribution >= 4 is 9.84 Å². The predicted molar refractivity (Wildman–Crippen MR) is 60.4 cm³/mol. The Bertz CT molecular complexity index is 301. The number of nitrogens with two attached hydrogens (primary N) is 1. The fourth-order valence-corrected chi connectivity index (χ4v) is 3.85. The lowest BCUT2D eigenvalue weighted by Crippen LogP contribution is -2.42. The molecule has 2 aliphatic rings. The first-order valence-corrected chi connectivity index (χ1v) is 7.56. The van der Waals surface area contributed by atoms with Crippen LogP contribution in [0.4, 0.5) is 0 Å². The van der Waals surface area contributed by atoms with E-state index in [0.29, 0.717) is 36.6 Å². The quantitative estimate of drug-likeness (QED) is 0.719. The Balaban J connectivity index is 1.77. The van der Waals surface area contributed by atoms with Gasteiger partial charge >= 0.3 is 0 Å². The van der Waals surface area contributed by atoms with Gasteiger partial charge in [0.15, 0.2) is 9.84 Å². The molecule has 0 spiro atoms. The molecule has 2 N–H and O–H groups in total. The Morgan fingerprint density at radius 1 is 1.20 bits per heavy atom. The van der Waals surface area contributed by atoms with Gasteiger partial charge in [-0.2, -0.15) is 0 Å². The minimum atomic E-state index is -2.73. The summed E-state index contributed by atoms with van der Waals surface area (Å²) >= 11 is 0. The van der Waals surface area contributed by atoms with Gasteiger partial charge in [0.05, 0.1) is 11.5 Å². The van der Waals surface area contributed by atoms with E-state index in [4.69, 9.17) is 5.73 Å². The summed E-state index contributed by atoms with van der Waals surface area (Å²) in [6.45, 7) is 2.48. The van der Waals surface area contributed by atoms with Crippen LogP contribution in [0.25, 0.3) is 0 Å². The Kier molecular flexibility index (Phi) is 3.33. The summed E-state index contributed by atoms with van der Waals surface area (Å²) < 4.78 is 22.5. The van der Waals surface area contributed by atoms with E-state index < -0.39 is 9.84 Å². The minimum Gasteiger partial charge on any atom is -0.328 e. The maximum Gasteiger partial charge on any atom is 0.152 e. The SMILES string of the molecule is NC1CCC(CN2CCS(=O)(=O)CC2)C1. The molecular weight excluding hydrogens is 212 g/mol. The summed E-state index contributed by atoms with van der Waals surface area (Å²) in [5.41, 5.74) is 5.86. The van der Waals surface area contributed by atoms with E-state index in [1.165, 1.54) is 6.42 Å². The van der Waals surface area contributed by atoms with E-state index in [9.17, 15) is 8.42 Å². The van der Waals surface area contributed by atoms with Gasteiger partial charge in [0, 0.05) is 25.7 Å². The fourth-order valence-electron chi connectivity index (χ4n) is 2.58. The van der Waals surface area contributed by atoms with E-state index in [1.54, 1.807) is 0 Å². The number of hydrogen-bond donors (Lipinski definition) is 1. The van der Waals surface area contributed by atoms with E-state index in [0.717, 1.165) is 19.4 Å². The second-order valence-corrected chi connectivity index (χ2v) is 7.20. The molecule has 2 unspecified atom stereocenters. The Labute approximate surface area is 91.7 Å². The summed E-state index contributed by atoms with van der Waals surface area (Å²) in [6, 6.07) is 0.378. The molecule has 2 rings (SSSR count). The fraction of sp³-hybridized carbons (Fsp3) is 1.00. The van der Waals surface area contributed by atoms with E-state index >= 15 is 0 Å². The lowest BCUT2D eigenvalue weighted by molar-refractivity contribution is 0.247. The summed E-state index contributed by atoms with van der Waals surface area (Å²) in [4.78, 5) is 2.28. The summed E-state index contributed by atoms with van der Waals surface area (Å²) in [6.07, 6.45) is 3.46. The van der Waals surface area contributed by atoms with E-state index in [-0.39, 0.29) is 0 Å². The molecule has 0 radical (unpaired) electrons. The molecule has 4 nitrogen and oxygen atoms in total. The molecule has 0 amide bonds. The molecular formula is C10H20N2O2S. The zero-order valence-corrected chi connectivity index (χ0v) is 9.88. The monoisotopic (exact) mass is 232 g/mol. The molecule has 1 saturated heterocycles. The smallest absolute Gasteiger partial charge is 0.152 e. The second kappa shape index (κ2) is 4.39. The molecule has 1 aliphatic carbocycles. The van der Waals surface area contributed by atoms with Crippen molar-refractivity contribution in [1.29, 1.82) is 0 Å². The summed E-state index contributed by atoms with van der Waals surface area (Å²) in [5, 5.41) is 0. The lowest BCUT2D eigenvalue weighted by atomic mass is 10.1. The molecule has 88 valence electrons. The van der Waals surface area contributed by atoms with Crippen molar-refractivity contribution in [2.75, 3.05) is 31.1 Å². The van der Waals surface area contributed by atoms with Crippen LogP contribution in [0.2, 0.25) is 0 Å². The van der Waals surface area contributed by atoms with Crippen molar-refractivity contribution in [1.82, 2.24) is 4.90 Å². The van der Waals surface area contributed by atoms with Crippen LogP contribution in [0.3, 0.4) is 0 Å². The van der Waals surface area contributed by atoms with Gasteiger partial charge in [-0.3, -0.25) is 0 Å². The largest absolute Gasteiger partial charge is 0.328 e. The Hall–Kier alpha value is -0.130. The van der Waals surface area contributed by atoms with Crippen LogP contribution in [-0.4, -0.2) is 50.5 Å². The van der Waals surface area contributed by atoms with Crippen LogP contribution in [-0.2, 0) is 9.84 Å². The zero-order valence-electron chi connectivity index (χ0n) is 9.06. The molecule has 2 atom stereocenters. The third-order valence-corrected chi connectivity index (χ3v) is 5.14. The standard InChI is InChI=1S/C10H20N2O2S/c11-10-2-1-9(7-10)8-12-3-5-15(13,14)6-4-12/h9-10H,1-8,11H2. The molecule has 1 aliphatic heterocycles. The third kappa shape index (κ3) is 3.16. The summed E-state index contributed by atoms with van der Waals surface area (Å²) in [7, 11) is -2.73. The van der Waals surface area contributed by atoms with Crippen molar-refractivity contribution < 1.29 is 8.42 Å². The first-order chi connectivity index (χ1) is 7.05. The van der Waals surface area contributed by atoms with Crippen LogP contribution in [0.15, 0.2) is 0 Å². The molecule has 15 heavy (non-hydrogen) atoms. The Morgan fingerprint density at radius 2 is 1.87 bits per heavy atom. The number of rotatable bonds is 2. The van der Waals surface area contributed by atoms with Gasteiger partial charge in [0.25, 0.3) is 0 Å². The highest BCUT2D eigenvalue weighted by atomic mass is 32.2. The average Bonchev–Trinajstić information content (AvgIpc) is 2.55. The molecule has 1 heterocycles. The highest BCUT2D eigenvalue weighted by Gasteiger charge is 2.27. The van der Waals surface area contributed by atoms with Gasteiger partial charge < -0.3 is 10.6 Å². The van der Waals surface area contributed by atoms with Crippen LogP contribution in [0, 0.1) is 5.92 Å². The van der Waals surface area contributed by atoms with Crippen LogP contribution < -0.4 is 5.73 Å². The first kappa shape index (κ1) is 11.4. The minimum absolute atomic E-state index is 0.339. The number of nitrogens with zero attached hydrogens (tertiary/aromatic N) is 1. The topological polar surface area (TPSA) is 63.4 Å². The maximum atomic E-state index is 11.2. The highest BCUT2D eigenvalue weighted by Crippen LogP contribution is 2.25. The molecule has 2 fully saturated rings. The normalized spacial score (nSPS) is 36.9. The number of sulfone groups is 1. The number of hydrogen-bond acceptors (Lipinski definition) is 4. The third-order valence-electron chi connectivity index (χ3n) is 3.54. The first-order valence-electron chi connectivity index (χ1n) is 5.73. The second-order valence-electron chi connectivity index (χ2n) is 4.89. The van der Waals surface area contributed by atoms with Crippen molar-refractivity contribution in [3.63, 3.8) is 0 Å². The van der Waals surface area contributed by atoms with Gasteiger partial charge in [0.1, 0.15) is 0 Å². The van der Waals surface area contributed by atoms with Crippen LogP contribution >= 0.6 is 0 Å². The molecule has 0 aromatic heterocycles. The molecule has 0 aromatic rings. The summed E-state index contributed by atoms with van der Waals surface area (Å²) in [5.74, 6) is 1.37. The molecule has 0 aromatic carbocycles.